The highest BCUT2D eigenvalue weighted by atomic mass is 19.1. The minimum atomic E-state index is -0.233. The van der Waals surface area contributed by atoms with Gasteiger partial charge in [-0.05, 0) is 72.9 Å². The summed E-state index contributed by atoms with van der Waals surface area (Å²) in [4.78, 5) is 13.4. The van der Waals surface area contributed by atoms with Crippen molar-refractivity contribution < 1.29 is 13.6 Å². The predicted molar refractivity (Wildman–Crippen MR) is 91.2 cm³/mol. The van der Waals surface area contributed by atoms with Crippen molar-refractivity contribution in [3.63, 3.8) is 0 Å². The molecule has 0 bridgehead atoms. The molecule has 3 aliphatic carbocycles. The normalized spacial score (nSPS) is 36.0. The number of halogens is 2. The van der Waals surface area contributed by atoms with Crippen molar-refractivity contribution in [2.45, 2.75) is 43.9 Å². The van der Waals surface area contributed by atoms with Gasteiger partial charge in [-0.25, -0.2) is 8.78 Å². The minimum absolute atomic E-state index is 0.231. The highest BCUT2D eigenvalue weighted by molar-refractivity contribution is 5.98. The number of carbonyl (C=O) groups is 1. The highest BCUT2D eigenvalue weighted by Gasteiger charge is 2.72. The number of benzene rings is 2. The molecule has 0 aromatic heterocycles. The summed E-state index contributed by atoms with van der Waals surface area (Å²) < 4.78 is 26.4. The van der Waals surface area contributed by atoms with E-state index in [0.29, 0.717) is 5.78 Å². The lowest BCUT2D eigenvalue weighted by Gasteiger charge is -2.30. The summed E-state index contributed by atoms with van der Waals surface area (Å²) in [7, 11) is 0. The molecular weight excluding hydrogens is 318 g/mol. The number of Topliss-reactive ketones (excluding diaryl/α,β-unsaturated/α-hetero) is 1. The maximum atomic E-state index is 13.4. The third kappa shape index (κ3) is 2.14. The van der Waals surface area contributed by atoms with Gasteiger partial charge in [0.25, 0.3) is 0 Å². The zero-order valence-corrected chi connectivity index (χ0v) is 14.0. The van der Waals surface area contributed by atoms with Gasteiger partial charge in [0, 0.05) is 10.8 Å². The van der Waals surface area contributed by atoms with Crippen LogP contribution in [0.25, 0.3) is 0 Å². The van der Waals surface area contributed by atoms with Gasteiger partial charge in [-0.1, -0.05) is 30.7 Å². The van der Waals surface area contributed by atoms with Crippen LogP contribution in [-0.4, -0.2) is 5.78 Å². The fraction of sp³-hybridized carbons (Fsp3) is 0.409. The molecule has 2 aromatic carbocycles. The summed E-state index contributed by atoms with van der Waals surface area (Å²) >= 11 is 0. The average Bonchev–Trinajstić information content (AvgIpc) is 3.51. The third-order valence-electron chi connectivity index (χ3n) is 6.85. The molecule has 1 nitrogen and oxygen atoms in total. The average molecular weight is 338 g/mol. The lowest BCUT2D eigenvalue weighted by atomic mass is 9.72. The maximum Gasteiger partial charge on any atom is 0.146 e. The van der Waals surface area contributed by atoms with Crippen LogP contribution in [0.2, 0.25) is 0 Å². The molecule has 2 spiro atoms. The van der Waals surface area contributed by atoms with Gasteiger partial charge in [-0.3, -0.25) is 4.79 Å². The van der Waals surface area contributed by atoms with Crippen molar-refractivity contribution in [1.82, 2.24) is 0 Å². The topological polar surface area (TPSA) is 17.1 Å². The summed E-state index contributed by atoms with van der Waals surface area (Å²) in [5, 5.41) is 0. The number of ketones is 1. The molecule has 3 saturated carbocycles. The van der Waals surface area contributed by atoms with E-state index in [-0.39, 0.29) is 34.3 Å². The van der Waals surface area contributed by atoms with Gasteiger partial charge in [-0.15, -0.1) is 0 Å². The first-order valence-electron chi connectivity index (χ1n) is 9.11. The van der Waals surface area contributed by atoms with Gasteiger partial charge >= 0.3 is 0 Å². The fourth-order valence-corrected chi connectivity index (χ4v) is 5.37. The molecule has 3 heteroatoms. The van der Waals surface area contributed by atoms with E-state index < -0.39 is 0 Å². The monoisotopic (exact) mass is 338 g/mol. The number of hydrogen-bond acceptors (Lipinski definition) is 1. The molecule has 3 fully saturated rings. The van der Waals surface area contributed by atoms with Gasteiger partial charge in [0.1, 0.15) is 17.4 Å². The first kappa shape index (κ1) is 15.2. The summed E-state index contributed by atoms with van der Waals surface area (Å²) in [5.41, 5.74) is 1.71. The van der Waals surface area contributed by atoms with E-state index in [9.17, 15) is 13.6 Å². The van der Waals surface area contributed by atoms with Gasteiger partial charge in [0.05, 0.1) is 0 Å². The molecule has 0 heterocycles. The third-order valence-corrected chi connectivity index (χ3v) is 6.85. The Bertz CT molecular complexity index is 772. The lowest BCUT2D eigenvalue weighted by Crippen LogP contribution is -2.33. The minimum Gasteiger partial charge on any atom is -0.298 e. The molecule has 0 amide bonds. The van der Waals surface area contributed by atoms with Crippen LogP contribution < -0.4 is 0 Å². The van der Waals surface area contributed by atoms with E-state index in [1.807, 2.05) is 24.3 Å². The lowest BCUT2D eigenvalue weighted by molar-refractivity contribution is -0.132. The molecule has 0 unspecified atom stereocenters. The van der Waals surface area contributed by atoms with Crippen LogP contribution in [0.4, 0.5) is 8.78 Å². The van der Waals surface area contributed by atoms with Crippen molar-refractivity contribution >= 4 is 5.78 Å². The number of rotatable bonds is 2. The van der Waals surface area contributed by atoms with Crippen LogP contribution >= 0.6 is 0 Å². The van der Waals surface area contributed by atoms with Crippen LogP contribution in [0.15, 0.2) is 48.5 Å². The second-order valence-corrected chi connectivity index (χ2v) is 8.11. The Kier molecular flexibility index (Phi) is 3.05. The highest BCUT2D eigenvalue weighted by Crippen LogP contribution is 2.75. The molecule has 0 N–H and O–H groups in total. The van der Waals surface area contributed by atoms with Crippen LogP contribution in [0.5, 0.6) is 0 Å². The smallest absolute Gasteiger partial charge is 0.146 e. The maximum absolute atomic E-state index is 13.4. The van der Waals surface area contributed by atoms with Crippen LogP contribution in [0, 0.1) is 22.5 Å². The fourth-order valence-electron chi connectivity index (χ4n) is 5.37. The number of hydrogen-bond donors (Lipinski definition) is 0. The van der Waals surface area contributed by atoms with E-state index in [0.717, 1.165) is 43.2 Å². The van der Waals surface area contributed by atoms with Gasteiger partial charge in [-0.2, -0.15) is 0 Å². The quantitative estimate of drug-likeness (QED) is 0.720. The summed E-state index contributed by atoms with van der Waals surface area (Å²) in [6, 6.07) is 13.3. The zero-order valence-electron chi connectivity index (χ0n) is 14.0. The summed E-state index contributed by atoms with van der Waals surface area (Å²) in [5.74, 6) is 0.432. The van der Waals surface area contributed by atoms with Crippen molar-refractivity contribution in [3.8, 4) is 0 Å². The van der Waals surface area contributed by atoms with Crippen LogP contribution in [0.1, 0.15) is 55.1 Å². The Labute approximate surface area is 146 Å². The summed E-state index contributed by atoms with van der Waals surface area (Å²) in [6.07, 6.45) is 4.77. The van der Waals surface area contributed by atoms with Gasteiger partial charge in [0.2, 0.25) is 0 Å². The van der Waals surface area contributed by atoms with Crippen LogP contribution in [0.3, 0.4) is 0 Å². The molecule has 4 atom stereocenters. The zero-order chi connectivity index (χ0) is 17.2. The molecule has 0 radical (unpaired) electrons. The van der Waals surface area contributed by atoms with Crippen molar-refractivity contribution in [2.24, 2.45) is 10.8 Å². The number of carbonyl (C=O) groups excluding carboxylic acids is 1. The first-order chi connectivity index (χ1) is 12.1. The van der Waals surface area contributed by atoms with Crippen molar-refractivity contribution in [1.29, 1.82) is 0 Å². The Morgan fingerprint density at radius 1 is 0.720 bits per heavy atom. The molecule has 3 aliphatic rings. The molecule has 25 heavy (non-hydrogen) atoms. The molecule has 2 aromatic rings. The van der Waals surface area contributed by atoms with E-state index >= 15 is 0 Å². The van der Waals surface area contributed by atoms with E-state index in [2.05, 4.69) is 0 Å². The predicted octanol–water partition coefficient (Wildman–Crippen LogP) is 5.37. The Hall–Kier alpha value is -2.03. The molecule has 128 valence electrons. The Balaban J connectivity index is 1.41. The second kappa shape index (κ2) is 5.00. The largest absolute Gasteiger partial charge is 0.298 e. The Morgan fingerprint density at radius 2 is 1.12 bits per heavy atom. The SMILES string of the molecule is O=C1[C@]2(CCC[C@]13C[C@H]3c1ccc(F)cc1)C[C@@H]2c1ccc(F)cc1. The molecule has 0 aliphatic heterocycles. The van der Waals surface area contributed by atoms with Gasteiger partial charge in [0.15, 0.2) is 0 Å². The molecular formula is C22H20F2O. The Morgan fingerprint density at radius 3 is 1.52 bits per heavy atom. The van der Waals surface area contributed by atoms with Crippen molar-refractivity contribution in [2.75, 3.05) is 0 Å². The van der Waals surface area contributed by atoms with E-state index in [1.165, 1.54) is 24.3 Å². The van der Waals surface area contributed by atoms with Crippen molar-refractivity contribution in [3.05, 3.63) is 71.3 Å². The first-order valence-corrected chi connectivity index (χ1v) is 9.11. The summed E-state index contributed by atoms with van der Waals surface area (Å²) in [6.45, 7) is 0. The standard InChI is InChI=1S/C22H20F2O/c23-16-6-2-14(3-7-16)18-12-21(18)10-1-11-22(20(21)25)13-19(22)15-4-8-17(24)9-5-15/h2-9,18-19H,1,10-13H2/t18-,19+,21-,22-/m1/s1. The van der Waals surface area contributed by atoms with E-state index in [1.54, 1.807) is 0 Å². The molecule has 5 rings (SSSR count). The van der Waals surface area contributed by atoms with Crippen LogP contribution in [-0.2, 0) is 4.79 Å². The van der Waals surface area contributed by atoms with Gasteiger partial charge < -0.3 is 0 Å². The molecule has 0 saturated heterocycles. The van der Waals surface area contributed by atoms with E-state index in [4.69, 9.17) is 0 Å². The second-order valence-electron chi connectivity index (χ2n) is 8.11.